The van der Waals surface area contributed by atoms with Crippen LogP contribution >= 0.6 is 23.4 Å². The SMILES string of the molecule is O=C(CN1C(=O)S/C(=C\c2ccccc2OCc2ccc([N+](=O)[O-])cc2)C1=O)Nc1cccc(Cl)c1. The highest BCUT2D eigenvalue weighted by Crippen LogP contribution is 2.34. The number of nitrogens with zero attached hydrogens (tertiary/aromatic N) is 2. The van der Waals surface area contributed by atoms with Gasteiger partial charge in [0.25, 0.3) is 16.8 Å². The van der Waals surface area contributed by atoms with Crippen LogP contribution in [0.25, 0.3) is 6.08 Å². The second kappa shape index (κ2) is 11.1. The second-order valence-corrected chi connectivity index (χ2v) is 9.01. The van der Waals surface area contributed by atoms with Gasteiger partial charge in [0.1, 0.15) is 18.9 Å². The molecule has 182 valence electrons. The molecule has 0 aromatic heterocycles. The van der Waals surface area contributed by atoms with Crippen molar-refractivity contribution >= 4 is 57.9 Å². The van der Waals surface area contributed by atoms with Gasteiger partial charge in [-0.15, -0.1) is 0 Å². The van der Waals surface area contributed by atoms with E-state index in [2.05, 4.69) is 5.32 Å². The summed E-state index contributed by atoms with van der Waals surface area (Å²) in [5.74, 6) is -0.662. The number of benzene rings is 3. The number of anilines is 1. The van der Waals surface area contributed by atoms with Gasteiger partial charge in [-0.2, -0.15) is 0 Å². The normalized spacial score (nSPS) is 14.2. The monoisotopic (exact) mass is 523 g/mol. The number of hydrogen-bond donors (Lipinski definition) is 1. The summed E-state index contributed by atoms with van der Waals surface area (Å²) in [6, 6.07) is 19.5. The van der Waals surface area contributed by atoms with E-state index in [4.69, 9.17) is 16.3 Å². The third-order valence-corrected chi connectivity index (χ3v) is 6.17. The third-order valence-electron chi connectivity index (χ3n) is 5.03. The van der Waals surface area contributed by atoms with Crippen LogP contribution < -0.4 is 10.1 Å². The summed E-state index contributed by atoms with van der Waals surface area (Å²) in [6.07, 6.45) is 1.53. The molecule has 1 saturated heterocycles. The number of nitro benzene ring substituents is 1. The van der Waals surface area contributed by atoms with Gasteiger partial charge in [-0.05, 0) is 59.8 Å². The van der Waals surface area contributed by atoms with E-state index in [1.807, 2.05) is 0 Å². The number of nitro groups is 1. The fourth-order valence-corrected chi connectivity index (χ4v) is 4.31. The van der Waals surface area contributed by atoms with E-state index < -0.39 is 28.5 Å². The van der Waals surface area contributed by atoms with E-state index in [1.54, 1.807) is 60.7 Å². The number of nitrogens with one attached hydrogen (secondary N) is 1. The Hall–Kier alpha value is -4.15. The number of para-hydroxylation sites is 1. The fraction of sp³-hybridized carbons (Fsp3) is 0.0800. The number of hydrogen-bond acceptors (Lipinski definition) is 7. The molecule has 3 aromatic rings. The second-order valence-electron chi connectivity index (χ2n) is 7.58. The van der Waals surface area contributed by atoms with E-state index in [-0.39, 0.29) is 17.2 Å². The molecule has 0 radical (unpaired) electrons. The number of amides is 3. The highest BCUT2D eigenvalue weighted by Gasteiger charge is 2.36. The number of thioether (sulfide) groups is 1. The number of carbonyl (C=O) groups is 3. The third kappa shape index (κ3) is 6.09. The molecule has 0 aliphatic carbocycles. The number of carbonyl (C=O) groups excluding carboxylic acids is 3. The fourth-order valence-electron chi connectivity index (χ4n) is 3.29. The molecule has 0 unspecified atom stereocenters. The van der Waals surface area contributed by atoms with Crippen LogP contribution in [0.15, 0.2) is 77.7 Å². The standard InChI is InChI=1S/C25H18ClN3O6S/c26-18-5-3-6-19(13-18)27-23(30)14-28-24(31)22(36-25(28)32)12-17-4-1-2-7-21(17)35-15-16-8-10-20(11-9-16)29(33)34/h1-13H,14-15H2,(H,27,30)/b22-12-. The first-order valence-corrected chi connectivity index (χ1v) is 11.8. The summed E-state index contributed by atoms with van der Waals surface area (Å²) >= 11 is 6.65. The van der Waals surface area contributed by atoms with Crippen LogP contribution in [0.1, 0.15) is 11.1 Å². The van der Waals surface area contributed by atoms with Gasteiger partial charge in [0.05, 0.1) is 9.83 Å². The lowest BCUT2D eigenvalue weighted by Crippen LogP contribution is -2.36. The average molecular weight is 524 g/mol. The molecular weight excluding hydrogens is 506 g/mol. The quantitative estimate of drug-likeness (QED) is 0.235. The van der Waals surface area contributed by atoms with Crippen LogP contribution in [0, 0.1) is 10.1 Å². The summed E-state index contributed by atoms with van der Waals surface area (Å²) in [6.45, 7) is -0.291. The molecule has 1 N–H and O–H groups in total. The van der Waals surface area contributed by atoms with Gasteiger partial charge >= 0.3 is 0 Å². The molecule has 1 aliphatic heterocycles. The van der Waals surface area contributed by atoms with Crippen LogP contribution in [0.2, 0.25) is 5.02 Å². The lowest BCUT2D eigenvalue weighted by molar-refractivity contribution is -0.384. The molecule has 1 aliphatic rings. The van der Waals surface area contributed by atoms with Crippen molar-refractivity contribution in [1.82, 2.24) is 4.90 Å². The highest BCUT2D eigenvalue weighted by atomic mass is 35.5. The molecule has 1 fully saturated rings. The number of rotatable bonds is 8. The average Bonchev–Trinajstić information content (AvgIpc) is 3.11. The lowest BCUT2D eigenvalue weighted by Gasteiger charge is -2.12. The Morgan fingerprint density at radius 2 is 1.83 bits per heavy atom. The first-order valence-electron chi connectivity index (χ1n) is 10.6. The van der Waals surface area contributed by atoms with Crippen LogP contribution in [-0.4, -0.2) is 33.4 Å². The molecule has 1 heterocycles. The first kappa shape index (κ1) is 25.0. The van der Waals surface area contributed by atoms with Crippen LogP contribution in [0.4, 0.5) is 16.2 Å². The minimum Gasteiger partial charge on any atom is -0.488 e. The summed E-state index contributed by atoms with van der Waals surface area (Å²) in [7, 11) is 0. The van der Waals surface area contributed by atoms with E-state index in [1.165, 1.54) is 18.2 Å². The minimum atomic E-state index is -0.587. The molecule has 4 rings (SSSR count). The van der Waals surface area contributed by atoms with Gasteiger partial charge in [-0.25, -0.2) is 0 Å². The Labute approximate surface area is 214 Å². The predicted octanol–water partition coefficient (Wildman–Crippen LogP) is 5.50. The van der Waals surface area contributed by atoms with E-state index >= 15 is 0 Å². The van der Waals surface area contributed by atoms with E-state index in [9.17, 15) is 24.5 Å². The molecule has 0 bridgehead atoms. The van der Waals surface area contributed by atoms with Crippen molar-refractivity contribution in [2.45, 2.75) is 6.61 Å². The van der Waals surface area contributed by atoms with Gasteiger partial charge in [0, 0.05) is 28.4 Å². The highest BCUT2D eigenvalue weighted by molar-refractivity contribution is 8.18. The summed E-state index contributed by atoms with van der Waals surface area (Å²) in [5.41, 5.74) is 1.72. The molecule has 9 nitrogen and oxygen atoms in total. The maximum atomic E-state index is 12.9. The van der Waals surface area contributed by atoms with Gasteiger partial charge < -0.3 is 10.1 Å². The Kier molecular flexibility index (Phi) is 7.67. The summed E-state index contributed by atoms with van der Waals surface area (Å²) in [4.78, 5) is 49.0. The molecule has 36 heavy (non-hydrogen) atoms. The Morgan fingerprint density at radius 1 is 1.08 bits per heavy atom. The van der Waals surface area contributed by atoms with Crippen LogP contribution in [0.3, 0.4) is 0 Å². The summed E-state index contributed by atoms with van der Waals surface area (Å²) < 4.78 is 5.85. The van der Waals surface area contributed by atoms with Crippen LogP contribution in [0.5, 0.6) is 5.75 Å². The number of non-ortho nitro benzene ring substituents is 1. The van der Waals surface area contributed by atoms with Crippen molar-refractivity contribution in [3.63, 3.8) is 0 Å². The zero-order valence-corrected chi connectivity index (χ0v) is 20.1. The van der Waals surface area contributed by atoms with Crippen molar-refractivity contribution in [2.75, 3.05) is 11.9 Å². The zero-order valence-electron chi connectivity index (χ0n) is 18.5. The van der Waals surface area contributed by atoms with Gasteiger partial charge in [0.2, 0.25) is 5.91 Å². The van der Waals surface area contributed by atoms with Gasteiger partial charge in [-0.1, -0.05) is 35.9 Å². The van der Waals surface area contributed by atoms with Gasteiger partial charge in [0.15, 0.2) is 0 Å². The maximum Gasteiger partial charge on any atom is 0.294 e. The zero-order chi connectivity index (χ0) is 25.7. The summed E-state index contributed by atoms with van der Waals surface area (Å²) in [5, 5.41) is 13.3. The topological polar surface area (TPSA) is 119 Å². The van der Waals surface area contributed by atoms with Crippen molar-refractivity contribution in [3.05, 3.63) is 104 Å². The molecule has 0 saturated carbocycles. The Balaban J connectivity index is 1.43. The van der Waals surface area contributed by atoms with Gasteiger partial charge in [-0.3, -0.25) is 29.4 Å². The van der Waals surface area contributed by atoms with E-state index in [0.29, 0.717) is 22.0 Å². The minimum absolute atomic E-state index is 0.0175. The van der Waals surface area contributed by atoms with Crippen LogP contribution in [-0.2, 0) is 16.2 Å². The number of halogens is 1. The maximum absolute atomic E-state index is 12.9. The predicted molar refractivity (Wildman–Crippen MR) is 137 cm³/mol. The molecule has 0 atom stereocenters. The smallest absolute Gasteiger partial charge is 0.294 e. The van der Waals surface area contributed by atoms with Crippen molar-refractivity contribution in [3.8, 4) is 5.75 Å². The molecule has 11 heteroatoms. The number of ether oxygens (including phenoxy) is 1. The Bertz CT molecular complexity index is 1380. The van der Waals surface area contributed by atoms with Crippen molar-refractivity contribution in [2.24, 2.45) is 0 Å². The molecular formula is C25H18ClN3O6S. The molecule has 0 spiro atoms. The van der Waals surface area contributed by atoms with E-state index in [0.717, 1.165) is 22.2 Å². The lowest BCUT2D eigenvalue weighted by atomic mass is 10.1. The molecule has 3 amide bonds. The van der Waals surface area contributed by atoms with Crippen molar-refractivity contribution < 1.29 is 24.0 Å². The largest absolute Gasteiger partial charge is 0.488 e. The number of imide groups is 1. The van der Waals surface area contributed by atoms with Crippen molar-refractivity contribution in [1.29, 1.82) is 0 Å². The first-order chi connectivity index (χ1) is 17.3. The Morgan fingerprint density at radius 3 is 2.56 bits per heavy atom. The molecule has 3 aromatic carbocycles.